The Labute approximate surface area is 53.1 Å². The molecular formula is C5H9NO3. The average molecular weight is 131 g/mol. The predicted molar refractivity (Wildman–Crippen MR) is 31.5 cm³/mol. The van der Waals surface area contributed by atoms with Gasteiger partial charge in [-0.1, -0.05) is 12.1 Å². The van der Waals surface area contributed by atoms with Gasteiger partial charge in [0.1, 0.15) is 0 Å². The Morgan fingerprint density at radius 3 is 2.44 bits per heavy atom. The molecule has 0 aromatic rings. The van der Waals surface area contributed by atoms with Crippen molar-refractivity contribution in [2.45, 2.75) is 13.3 Å². The van der Waals surface area contributed by atoms with Gasteiger partial charge in [0.25, 0.3) is 0 Å². The maximum atomic E-state index is 10.5. The summed E-state index contributed by atoms with van der Waals surface area (Å²) >= 11 is 0. The van der Waals surface area contributed by atoms with Crippen molar-refractivity contribution in [3.8, 4) is 0 Å². The third kappa shape index (κ3) is 2.12. The number of hydrogen-bond donors (Lipinski definition) is 1. The first-order valence-electron chi connectivity index (χ1n) is 2.55. The highest BCUT2D eigenvalue weighted by atomic mass is 16.5. The quantitative estimate of drug-likeness (QED) is 0.255. The molecule has 0 aliphatic heterocycles. The van der Waals surface area contributed by atoms with E-state index >= 15 is 0 Å². The normalized spacial score (nSPS) is 11.1. The molecule has 0 atom stereocenters. The number of hydrogen-bond acceptors (Lipinski definition) is 4. The van der Waals surface area contributed by atoms with E-state index in [0.29, 0.717) is 6.42 Å². The fraction of sp³-hybridized carbons (Fsp3) is 0.600. The number of esters is 1. The second-order valence-corrected chi connectivity index (χ2v) is 1.39. The molecule has 0 aliphatic rings. The number of carbonyl (C=O) groups excluding carboxylic acids is 1. The van der Waals surface area contributed by atoms with Crippen molar-refractivity contribution >= 4 is 11.7 Å². The van der Waals surface area contributed by atoms with Gasteiger partial charge in [-0.25, -0.2) is 4.79 Å². The Morgan fingerprint density at radius 1 is 1.78 bits per heavy atom. The zero-order chi connectivity index (χ0) is 7.28. The lowest BCUT2D eigenvalue weighted by molar-refractivity contribution is -0.133. The molecule has 0 rings (SSSR count). The second-order valence-electron chi connectivity index (χ2n) is 1.39. The molecule has 0 saturated carbocycles. The van der Waals surface area contributed by atoms with Crippen molar-refractivity contribution in [3.05, 3.63) is 0 Å². The lowest BCUT2D eigenvalue weighted by Crippen LogP contribution is -2.14. The fourth-order valence-electron chi connectivity index (χ4n) is 0.374. The minimum atomic E-state index is -0.583. The van der Waals surface area contributed by atoms with Crippen LogP contribution in [-0.2, 0) is 9.53 Å². The third-order valence-electron chi connectivity index (χ3n) is 0.877. The fourth-order valence-corrected chi connectivity index (χ4v) is 0.374. The molecule has 1 N–H and O–H groups in total. The monoisotopic (exact) mass is 131 g/mol. The summed E-state index contributed by atoms with van der Waals surface area (Å²) in [6.45, 7) is 1.70. The molecule has 0 fully saturated rings. The molecule has 0 heterocycles. The first-order chi connectivity index (χ1) is 4.26. The van der Waals surface area contributed by atoms with Crippen LogP contribution in [0.2, 0.25) is 0 Å². The van der Waals surface area contributed by atoms with Gasteiger partial charge in [-0.15, -0.1) is 0 Å². The van der Waals surface area contributed by atoms with Crippen molar-refractivity contribution in [1.82, 2.24) is 0 Å². The van der Waals surface area contributed by atoms with Gasteiger partial charge in [0.05, 0.1) is 7.11 Å². The second kappa shape index (κ2) is 3.88. The van der Waals surface area contributed by atoms with Crippen molar-refractivity contribution in [2.24, 2.45) is 5.16 Å². The van der Waals surface area contributed by atoms with E-state index in [1.807, 2.05) is 0 Å². The summed E-state index contributed by atoms with van der Waals surface area (Å²) in [6, 6.07) is 0. The van der Waals surface area contributed by atoms with Gasteiger partial charge < -0.3 is 9.94 Å². The van der Waals surface area contributed by atoms with E-state index in [2.05, 4.69) is 9.89 Å². The highest BCUT2D eigenvalue weighted by Gasteiger charge is 2.07. The molecule has 0 bridgehead atoms. The Balaban J connectivity index is 3.97. The summed E-state index contributed by atoms with van der Waals surface area (Å²) in [5, 5.41) is 10.8. The summed E-state index contributed by atoms with van der Waals surface area (Å²) in [5.74, 6) is -0.583. The zero-order valence-electron chi connectivity index (χ0n) is 5.42. The van der Waals surface area contributed by atoms with Crippen LogP contribution >= 0.6 is 0 Å². The number of carbonyl (C=O) groups is 1. The Hall–Kier alpha value is -1.06. The first kappa shape index (κ1) is 7.94. The van der Waals surface area contributed by atoms with E-state index in [1.54, 1.807) is 6.92 Å². The van der Waals surface area contributed by atoms with Gasteiger partial charge in [0, 0.05) is 0 Å². The van der Waals surface area contributed by atoms with Crippen molar-refractivity contribution < 1.29 is 14.7 Å². The number of nitrogens with zero attached hydrogens (tertiary/aromatic N) is 1. The van der Waals surface area contributed by atoms with Gasteiger partial charge in [0.2, 0.25) is 0 Å². The van der Waals surface area contributed by atoms with Crippen LogP contribution in [0.3, 0.4) is 0 Å². The summed E-state index contributed by atoms with van der Waals surface area (Å²) in [4.78, 5) is 10.5. The Kier molecular flexibility index (Phi) is 3.43. The largest absolute Gasteiger partial charge is 0.464 e. The SMILES string of the molecule is CC/C(=N/O)C(=O)OC. The summed E-state index contributed by atoms with van der Waals surface area (Å²) in [7, 11) is 1.24. The summed E-state index contributed by atoms with van der Waals surface area (Å²) in [5.41, 5.74) is 0.0394. The molecule has 0 amide bonds. The number of ether oxygens (including phenoxy) is 1. The van der Waals surface area contributed by atoms with Crippen LogP contribution in [0.15, 0.2) is 5.16 Å². The van der Waals surface area contributed by atoms with Gasteiger partial charge in [-0.05, 0) is 6.42 Å². The molecule has 0 aliphatic carbocycles. The maximum Gasteiger partial charge on any atom is 0.355 e. The molecule has 0 radical (unpaired) electrons. The smallest absolute Gasteiger partial charge is 0.355 e. The average Bonchev–Trinajstić information content (AvgIpc) is 1.90. The number of rotatable bonds is 2. The molecule has 0 saturated heterocycles. The van der Waals surface area contributed by atoms with Crippen LogP contribution in [0.5, 0.6) is 0 Å². The number of oxime groups is 1. The Morgan fingerprint density at radius 2 is 2.33 bits per heavy atom. The maximum absolute atomic E-state index is 10.5. The van der Waals surface area contributed by atoms with E-state index in [1.165, 1.54) is 7.11 Å². The molecule has 9 heavy (non-hydrogen) atoms. The zero-order valence-corrected chi connectivity index (χ0v) is 5.42. The van der Waals surface area contributed by atoms with Crippen LogP contribution in [-0.4, -0.2) is 24.0 Å². The summed E-state index contributed by atoms with van der Waals surface area (Å²) in [6.07, 6.45) is 0.378. The molecule has 52 valence electrons. The molecule has 0 unspecified atom stereocenters. The highest BCUT2D eigenvalue weighted by Crippen LogP contribution is 1.86. The minimum Gasteiger partial charge on any atom is -0.464 e. The lowest BCUT2D eigenvalue weighted by atomic mass is 10.3. The van der Waals surface area contributed by atoms with E-state index in [-0.39, 0.29) is 5.71 Å². The van der Waals surface area contributed by atoms with Gasteiger partial charge >= 0.3 is 5.97 Å². The summed E-state index contributed by atoms with van der Waals surface area (Å²) < 4.78 is 4.26. The van der Waals surface area contributed by atoms with Crippen LogP contribution in [0, 0.1) is 0 Å². The van der Waals surface area contributed by atoms with Gasteiger partial charge in [0.15, 0.2) is 5.71 Å². The standard InChI is InChI=1S/C5H9NO3/c1-3-4(6-8)5(7)9-2/h8H,3H2,1-2H3/b6-4-. The predicted octanol–water partition coefficient (Wildman–Crippen LogP) is 0.400. The van der Waals surface area contributed by atoms with Crippen LogP contribution in [0.4, 0.5) is 0 Å². The minimum absolute atomic E-state index is 0.0394. The Bertz CT molecular complexity index is 130. The van der Waals surface area contributed by atoms with Crippen molar-refractivity contribution in [1.29, 1.82) is 0 Å². The van der Waals surface area contributed by atoms with Gasteiger partial charge in [-0.2, -0.15) is 0 Å². The molecular weight excluding hydrogens is 122 g/mol. The molecule has 4 heteroatoms. The van der Waals surface area contributed by atoms with Crippen molar-refractivity contribution in [3.63, 3.8) is 0 Å². The van der Waals surface area contributed by atoms with E-state index < -0.39 is 5.97 Å². The van der Waals surface area contributed by atoms with E-state index in [0.717, 1.165) is 0 Å². The third-order valence-corrected chi connectivity index (χ3v) is 0.877. The van der Waals surface area contributed by atoms with Crippen LogP contribution in [0.1, 0.15) is 13.3 Å². The van der Waals surface area contributed by atoms with E-state index in [4.69, 9.17) is 5.21 Å². The first-order valence-corrected chi connectivity index (χ1v) is 2.55. The lowest BCUT2D eigenvalue weighted by Gasteiger charge is -1.95. The van der Waals surface area contributed by atoms with Gasteiger partial charge in [-0.3, -0.25) is 0 Å². The molecule has 0 aromatic heterocycles. The van der Waals surface area contributed by atoms with Crippen LogP contribution < -0.4 is 0 Å². The molecule has 0 spiro atoms. The topological polar surface area (TPSA) is 58.9 Å². The van der Waals surface area contributed by atoms with E-state index in [9.17, 15) is 4.79 Å². The van der Waals surface area contributed by atoms with Crippen molar-refractivity contribution in [2.75, 3.05) is 7.11 Å². The highest BCUT2D eigenvalue weighted by molar-refractivity contribution is 6.36. The number of methoxy groups -OCH3 is 1. The van der Waals surface area contributed by atoms with Crippen LogP contribution in [0.25, 0.3) is 0 Å². The molecule has 0 aromatic carbocycles. The molecule has 4 nitrogen and oxygen atoms in total.